The van der Waals surface area contributed by atoms with Crippen molar-refractivity contribution >= 4 is 17.7 Å². The molecule has 116 valence electrons. The molecule has 1 rings (SSSR count). The van der Waals surface area contributed by atoms with E-state index in [9.17, 15) is 9.59 Å². The minimum Gasteiger partial charge on any atom is -0.481 e. The van der Waals surface area contributed by atoms with Gasteiger partial charge in [-0.25, -0.2) is 4.79 Å². The quantitative estimate of drug-likeness (QED) is 0.811. The van der Waals surface area contributed by atoms with Crippen LogP contribution in [-0.2, 0) is 4.79 Å². The highest BCUT2D eigenvalue weighted by Crippen LogP contribution is 2.19. The average Bonchev–Trinajstić information content (AvgIpc) is 2.45. The molecule has 5 heteroatoms. The van der Waals surface area contributed by atoms with Gasteiger partial charge in [0, 0.05) is 25.2 Å². The van der Waals surface area contributed by atoms with Crippen LogP contribution in [0.3, 0.4) is 0 Å². The minimum atomic E-state index is -0.831. The number of hydrogen-bond acceptors (Lipinski definition) is 2. The van der Waals surface area contributed by atoms with Crippen LogP contribution >= 0.6 is 0 Å². The number of anilines is 1. The Kier molecular flexibility index (Phi) is 6.72. The first kappa shape index (κ1) is 17.0. The predicted molar refractivity (Wildman–Crippen MR) is 83.6 cm³/mol. The minimum absolute atomic E-state index is 0.0398. The second-order valence-electron chi connectivity index (χ2n) is 5.09. The lowest BCUT2D eigenvalue weighted by Crippen LogP contribution is -2.42. The van der Waals surface area contributed by atoms with Gasteiger partial charge in [0.15, 0.2) is 0 Å². The van der Waals surface area contributed by atoms with Gasteiger partial charge in [0.05, 0.1) is 0 Å². The number of nitrogens with one attached hydrogen (secondary N) is 1. The number of rotatable bonds is 7. The van der Waals surface area contributed by atoms with Crippen LogP contribution in [0.15, 0.2) is 24.3 Å². The number of carbonyl (C=O) groups is 2. The molecule has 0 saturated heterocycles. The zero-order valence-electron chi connectivity index (χ0n) is 12.9. The van der Waals surface area contributed by atoms with Gasteiger partial charge >= 0.3 is 12.0 Å². The summed E-state index contributed by atoms with van der Waals surface area (Å²) >= 11 is 0. The molecule has 0 radical (unpaired) electrons. The fourth-order valence-corrected chi connectivity index (χ4v) is 2.22. The molecular weight excluding hydrogens is 268 g/mol. The monoisotopic (exact) mass is 292 g/mol. The third-order valence-corrected chi connectivity index (χ3v) is 3.55. The van der Waals surface area contributed by atoms with Crippen molar-refractivity contribution in [1.29, 1.82) is 0 Å². The summed E-state index contributed by atoms with van der Waals surface area (Å²) in [5.41, 5.74) is 1.91. The van der Waals surface area contributed by atoms with Gasteiger partial charge in [0.2, 0.25) is 0 Å². The van der Waals surface area contributed by atoms with Gasteiger partial charge in [-0.3, -0.25) is 9.69 Å². The number of amides is 2. The number of nitrogens with zero attached hydrogens (tertiary/aromatic N) is 1. The molecule has 0 spiro atoms. The van der Waals surface area contributed by atoms with Crippen LogP contribution in [0.1, 0.15) is 32.3 Å². The predicted octanol–water partition coefficient (Wildman–Crippen LogP) is 3.03. The van der Waals surface area contributed by atoms with Crippen molar-refractivity contribution < 1.29 is 14.7 Å². The van der Waals surface area contributed by atoms with Crippen molar-refractivity contribution in [3.05, 3.63) is 29.8 Å². The summed E-state index contributed by atoms with van der Waals surface area (Å²) in [7, 11) is 0. The fourth-order valence-electron chi connectivity index (χ4n) is 2.22. The van der Waals surface area contributed by atoms with Crippen molar-refractivity contribution in [3.8, 4) is 0 Å². The first-order valence-corrected chi connectivity index (χ1v) is 7.32. The van der Waals surface area contributed by atoms with Crippen LogP contribution < -0.4 is 10.2 Å². The lowest BCUT2D eigenvalue weighted by Gasteiger charge is -2.24. The lowest BCUT2D eigenvalue weighted by atomic mass is 10.0. The van der Waals surface area contributed by atoms with Gasteiger partial charge in [0.1, 0.15) is 0 Å². The van der Waals surface area contributed by atoms with E-state index in [0.717, 1.165) is 17.7 Å². The van der Waals surface area contributed by atoms with Crippen molar-refractivity contribution in [1.82, 2.24) is 5.32 Å². The average molecular weight is 292 g/mol. The number of para-hydroxylation sites is 1. The third-order valence-electron chi connectivity index (χ3n) is 3.55. The van der Waals surface area contributed by atoms with E-state index in [1.165, 1.54) is 0 Å². The Bertz CT molecular complexity index is 488. The van der Waals surface area contributed by atoms with Gasteiger partial charge in [-0.05, 0) is 31.4 Å². The van der Waals surface area contributed by atoms with E-state index in [2.05, 4.69) is 5.32 Å². The summed E-state index contributed by atoms with van der Waals surface area (Å²) in [6.07, 6.45) is 0.802. The highest BCUT2D eigenvalue weighted by Gasteiger charge is 2.17. The molecule has 5 nitrogen and oxygen atoms in total. The molecule has 1 aromatic carbocycles. The lowest BCUT2D eigenvalue weighted by molar-refractivity contribution is -0.138. The van der Waals surface area contributed by atoms with Gasteiger partial charge in [-0.15, -0.1) is 0 Å². The molecule has 0 heterocycles. The molecule has 21 heavy (non-hydrogen) atoms. The maximum absolute atomic E-state index is 12.3. The molecule has 2 N–H and O–H groups in total. The van der Waals surface area contributed by atoms with Crippen molar-refractivity contribution in [2.75, 3.05) is 18.0 Å². The summed E-state index contributed by atoms with van der Waals surface area (Å²) in [6, 6.07) is 7.52. The van der Waals surface area contributed by atoms with Crippen LogP contribution in [0.2, 0.25) is 0 Å². The summed E-state index contributed by atoms with van der Waals surface area (Å²) in [5, 5.41) is 11.7. The Morgan fingerprint density at radius 2 is 1.95 bits per heavy atom. The van der Waals surface area contributed by atoms with Gasteiger partial charge < -0.3 is 10.4 Å². The van der Waals surface area contributed by atoms with Crippen LogP contribution in [0, 0.1) is 12.8 Å². The summed E-state index contributed by atoms with van der Waals surface area (Å²) in [5.74, 6) is -0.871. The molecule has 1 unspecified atom stereocenters. The van der Waals surface area contributed by atoms with E-state index in [1.807, 2.05) is 45.0 Å². The van der Waals surface area contributed by atoms with E-state index >= 15 is 0 Å². The molecule has 2 amide bonds. The Morgan fingerprint density at radius 3 is 2.48 bits per heavy atom. The fraction of sp³-hybridized carbons (Fsp3) is 0.500. The molecule has 0 aromatic heterocycles. The highest BCUT2D eigenvalue weighted by molar-refractivity contribution is 5.92. The second kappa shape index (κ2) is 8.29. The Balaban J connectivity index is 2.68. The first-order valence-electron chi connectivity index (χ1n) is 7.32. The van der Waals surface area contributed by atoms with E-state index < -0.39 is 5.97 Å². The highest BCUT2D eigenvalue weighted by atomic mass is 16.4. The van der Waals surface area contributed by atoms with Gasteiger partial charge in [0.25, 0.3) is 0 Å². The van der Waals surface area contributed by atoms with E-state index in [0.29, 0.717) is 13.1 Å². The third kappa shape index (κ3) is 5.10. The molecule has 0 fully saturated rings. The molecule has 0 aliphatic heterocycles. The smallest absolute Gasteiger partial charge is 0.321 e. The van der Waals surface area contributed by atoms with Gasteiger partial charge in [-0.1, -0.05) is 31.5 Å². The zero-order valence-corrected chi connectivity index (χ0v) is 12.9. The Hall–Kier alpha value is -2.04. The number of aliphatic carboxylic acids is 1. The number of urea groups is 1. The molecule has 0 aliphatic carbocycles. The van der Waals surface area contributed by atoms with E-state index in [1.54, 1.807) is 4.90 Å². The van der Waals surface area contributed by atoms with E-state index in [4.69, 9.17) is 5.11 Å². The summed E-state index contributed by atoms with van der Waals surface area (Å²) in [4.78, 5) is 24.7. The number of carboxylic acids is 1. The standard InChI is InChI=1S/C16H24N2O3/c1-4-13(10-15(19)20)11-17-16(21)18(5-2)14-9-7-6-8-12(14)3/h6-9,13H,4-5,10-11H2,1-3H3,(H,17,21)(H,19,20). The summed E-state index contributed by atoms with van der Waals surface area (Å²) in [6.45, 7) is 6.75. The van der Waals surface area contributed by atoms with Gasteiger partial charge in [-0.2, -0.15) is 0 Å². The largest absolute Gasteiger partial charge is 0.481 e. The van der Waals surface area contributed by atoms with Crippen LogP contribution in [0.4, 0.5) is 10.5 Å². The van der Waals surface area contributed by atoms with Crippen molar-refractivity contribution in [3.63, 3.8) is 0 Å². The number of aryl methyl sites for hydroxylation is 1. The SMILES string of the molecule is CCC(CNC(=O)N(CC)c1ccccc1C)CC(=O)O. The molecule has 1 aromatic rings. The summed E-state index contributed by atoms with van der Waals surface area (Å²) < 4.78 is 0. The van der Waals surface area contributed by atoms with Crippen LogP contribution in [0.5, 0.6) is 0 Å². The molecular formula is C16H24N2O3. The van der Waals surface area contributed by atoms with Crippen molar-refractivity contribution in [2.45, 2.75) is 33.6 Å². The molecule has 1 atom stereocenters. The van der Waals surface area contributed by atoms with Crippen LogP contribution in [-0.4, -0.2) is 30.2 Å². The topological polar surface area (TPSA) is 69.6 Å². The maximum atomic E-state index is 12.3. The molecule has 0 aliphatic rings. The number of benzene rings is 1. The normalized spacial score (nSPS) is 11.8. The first-order chi connectivity index (χ1) is 9.99. The number of carboxylic acid groups (broad SMARTS) is 1. The zero-order chi connectivity index (χ0) is 15.8. The van der Waals surface area contributed by atoms with Crippen LogP contribution in [0.25, 0.3) is 0 Å². The number of carbonyl (C=O) groups excluding carboxylic acids is 1. The number of hydrogen-bond donors (Lipinski definition) is 2. The molecule has 0 bridgehead atoms. The van der Waals surface area contributed by atoms with Crippen molar-refractivity contribution in [2.24, 2.45) is 5.92 Å². The second-order valence-corrected chi connectivity index (χ2v) is 5.09. The Morgan fingerprint density at radius 1 is 1.29 bits per heavy atom. The maximum Gasteiger partial charge on any atom is 0.321 e. The molecule has 0 saturated carbocycles. The van der Waals surface area contributed by atoms with E-state index in [-0.39, 0.29) is 18.4 Å². The Labute approximate surface area is 126 Å².